The lowest BCUT2D eigenvalue weighted by Crippen LogP contribution is -2.08. The fourth-order valence-electron chi connectivity index (χ4n) is 2.70. The van der Waals surface area contributed by atoms with E-state index in [0.717, 1.165) is 23.5 Å². The molecule has 2 aromatic carbocycles. The first-order chi connectivity index (χ1) is 11.4. The van der Waals surface area contributed by atoms with Gasteiger partial charge < -0.3 is 0 Å². The molecule has 4 aromatic rings. The van der Waals surface area contributed by atoms with E-state index in [0.29, 0.717) is 25.7 Å². The minimum absolute atomic E-state index is 0.0368. The van der Waals surface area contributed by atoms with Crippen LogP contribution in [0.4, 0.5) is 13.2 Å². The van der Waals surface area contributed by atoms with Crippen LogP contribution < -0.4 is 5.43 Å². The molecule has 0 fully saturated rings. The Bertz CT molecular complexity index is 1180. The second-order valence-corrected chi connectivity index (χ2v) is 6.67. The summed E-state index contributed by atoms with van der Waals surface area (Å²) in [5.74, 6) is 0. The molecule has 0 aliphatic carbocycles. The van der Waals surface area contributed by atoms with E-state index in [4.69, 9.17) is 11.6 Å². The molecular formula is C17H7ClF3NOS. The molecule has 2 heterocycles. The van der Waals surface area contributed by atoms with Crippen LogP contribution >= 0.6 is 22.9 Å². The lowest BCUT2D eigenvalue weighted by Gasteiger charge is -2.09. The summed E-state index contributed by atoms with van der Waals surface area (Å²) >= 11 is 7.36. The molecule has 120 valence electrons. The molecule has 0 aliphatic rings. The van der Waals surface area contributed by atoms with Gasteiger partial charge in [0.05, 0.1) is 21.2 Å². The molecule has 0 unspecified atom stereocenters. The molecule has 0 atom stereocenters. The number of nitrogens with zero attached hydrogens (tertiary/aromatic N) is 1. The maximum atomic E-state index is 12.9. The summed E-state index contributed by atoms with van der Waals surface area (Å²) in [6, 6.07) is 10.1. The second kappa shape index (κ2) is 5.16. The third kappa shape index (κ3) is 2.25. The van der Waals surface area contributed by atoms with E-state index in [1.165, 1.54) is 6.07 Å². The van der Waals surface area contributed by atoms with E-state index in [-0.39, 0.29) is 10.5 Å². The van der Waals surface area contributed by atoms with Crippen LogP contribution in [0.1, 0.15) is 5.56 Å². The summed E-state index contributed by atoms with van der Waals surface area (Å²) in [6.07, 6.45) is -4.50. The van der Waals surface area contributed by atoms with Gasteiger partial charge in [0, 0.05) is 15.5 Å². The summed E-state index contributed by atoms with van der Waals surface area (Å²) in [7, 11) is 0. The lowest BCUT2D eigenvalue weighted by molar-refractivity contribution is -0.137. The smallest absolute Gasteiger partial charge is 0.288 e. The van der Waals surface area contributed by atoms with Gasteiger partial charge in [0.2, 0.25) is 0 Å². The predicted octanol–water partition coefficient (Wildman–Crippen LogP) is 5.64. The summed E-state index contributed by atoms with van der Waals surface area (Å²) in [4.78, 5) is 17.2. The normalized spacial score (nSPS) is 12.3. The van der Waals surface area contributed by atoms with E-state index in [1.54, 1.807) is 24.3 Å². The van der Waals surface area contributed by atoms with Gasteiger partial charge in [-0.1, -0.05) is 29.8 Å². The summed E-state index contributed by atoms with van der Waals surface area (Å²) in [5, 5.41) is 1.10. The van der Waals surface area contributed by atoms with Crippen molar-refractivity contribution in [3.8, 4) is 0 Å². The predicted molar refractivity (Wildman–Crippen MR) is 90.9 cm³/mol. The first kappa shape index (κ1) is 15.4. The first-order valence-electron chi connectivity index (χ1n) is 6.88. The largest absolute Gasteiger partial charge is 0.416 e. The van der Waals surface area contributed by atoms with Crippen molar-refractivity contribution in [3.05, 3.63) is 63.4 Å². The van der Waals surface area contributed by atoms with Gasteiger partial charge >= 0.3 is 6.18 Å². The zero-order valence-corrected chi connectivity index (χ0v) is 13.4. The van der Waals surface area contributed by atoms with Crippen molar-refractivity contribution >= 4 is 54.0 Å². The Kier molecular flexibility index (Phi) is 3.30. The fraction of sp³-hybridized carbons (Fsp3) is 0.0588. The third-order valence-corrected chi connectivity index (χ3v) is 5.36. The highest BCUT2D eigenvalue weighted by atomic mass is 35.5. The molecule has 0 bridgehead atoms. The molecule has 2 aromatic heterocycles. The molecule has 4 rings (SSSR count). The standard InChI is InChI=1S/C17H7ClF3NOS/c18-16-15-13(9-3-1-2-4-11(9)22-16)14(23)10-7-8(17(19,20)21)5-6-12(10)24-15/h1-7H. The maximum Gasteiger partial charge on any atom is 0.416 e. The average molecular weight is 366 g/mol. The van der Waals surface area contributed by atoms with E-state index >= 15 is 0 Å². The van der Waals surface area contributed by atoms with Crippen LogP contribution in [0, 0.1) is 0 Å². The molecular weight excluding hydrogens is 359 g/mol. The van der Waals surface area contributed by atoms with Crippen LogP contribution in [0.15, 0.2) is 47.3 Å². The molecule has 0 saturated heterocycles. The van der Waals surface area contributed by atoms with E-state index in [1.807, 2.05) is 0 Å². The quantitative estimate of drug-likeness (QED) is 0.229. The van der Waals surface area contributed by atoms with Gasteiger partial charge in [0.25, 0.3) is 0 Å². The van der Waals surface area contributed by atoms with Crippen molar-refractivity contribution in [1.29, 1.82) is 0 Å². The molecule has 7 heteroatoms. The molecule has 24 heavy (non-hydrogen) atoms. The molecule has 2 nitrogen and oxygen atoms in total. The number of fused-ring (bicyclic) bond motifs is 4. The number of alkyl halides is 3. The van der Waals surface area contributed by atoms with Crippen LogP contribution in [0.25, 0.3) is 31.1 Å². The minimum atomic E-state index is -4.50. The molecule has 0 saturated carbocycles. The van der Waals surface area contributed by atoms with Crippen LogP contribution in [0.5, 0.6) is 0 Å². The van der Waals surface area contributed by atoms with Crippen molar-refractivity contribution in [2.75, 3.05) is 0 Å². The average Bonchev–Trinajstić information content (AvgIpc) is 2.54. The fourth-order valence-corrected chi connectivity index (χ4v) is 4.05. The van der Waals surface area contributed by atoms with Gasteiger partial charge in [-0.2, -0.15) is 13.2 Å². The number of hydrogen-bond donors (Lipinski definition) is 0. The molecule has 0 N–H and O–H groups in total. The van der Waals surface area contributed by atoms with Gasteiger partial charge in [-0.3, -0.25) is 4.79 Å². The maximum absolute atomic E-state index is 12.9. The van der Waals surface area contributed by atoms with Crippen molar-refractivity contribution in [1.82, 2.24) is 4.98 Å². The number of halogens is 4. The van der Waals surface area contributed by atoms with Crippen LogP contribution in [-0.4, -0.2) is 4.98 Å². The summed E-state index contributed by atoms with van der Waals surface area (Å²) < 4.78 is 39.8. The molecule has 0 amide bonds. The summed E-state index contributed by atoms with van der Waals surface area (Å²) in [6.45, 7) is 0. The van der Waals surface area contributed by atoms with Gasteiger partial charge in [-0.15, -0.1) is 11.3 Å². The molecule has 0 spiro atoms. The molecule has 0 radical (unpaired) electrons. The van der Waals surface area contributed by atoms with Crippen LogP contribution in [0.2, 0.25) is 5.15 Å². The highest BCUT2D eigenvalue weighted by Crippen LogP contribution is 2.36. The highest BCUT2D eigenvalue weighted by molar-refractivity contribution is 7.25. The highest BCUT2D eigenvalue weighted by Gasteiger charge is 2.31. The van der Waals surface area contributed by atoms with E-state index in [2.05, 4.69) is 4.98 Å². The van der Waals surface area contributed by atoms with Crippen LogP contribution in [0.3, 0.4) is 0 Å². The second-order valence-electron chi connectivity index (χ2n) is 5.26. The SMILES string of the molecule is O=c1c2cc(C(F)(F)F)ccc2sc2c(Cl)nc3ccccc3c12. The first-order valence-corrected chi connectivity index (χ1v) is 8.08. The van der Waals surface area contributed by atoms with Crippen molar-refractivity contribution in [3.63, 3.8) is 0 Å². The Morgan fingerprint density at radius 1 is 1.04 bits per heavy atom. The Labute approximate surface area is 142 Å². The van der Waals surface area contributed by atoms with Gasteiger partial charge in [-0.25, -0.2) is 4.98 Å². The van der Waals surface area contributed by atoms with Gasteiger partial charge in [0.15, 0.2) is 5.43 Å². The number of para-hydroxylation sites is 1. The van der Waals surface area contributed by atoms with Crippen molar-refractivity contribution in [2.45, 2.75) is 6.18 Å². The Balaban J connectivity index is 2.24. The Morgan fingerprint density at radius 2 is 1.79 bits per heavy atom. The zero-order chi connectivity index (χ0) is 17.1. The Hall–Kier alpha value is -2.18. The zero-order valence-electron chi connectivity index (χ0n) is 11.8. The monoisotopic (exact) mass is 365 g/mol. The van der Waals surface area contributed by atoms with Gasteiger partial charge in [-0.05, 0) is 24.3 Å². The summed E-state index contributed by atoms with van der Waals surface area (Å²) in [5.41, 5.74) is -0.779. The van der Waals surface area contributed by atoms with E-state index in [9.17, 15) is 18.0 Å². The number of pyridine rings is 1. The number of hydrogen-bond acceptors (Lipinski definition) is 3. The number of aromatic nitrogens is 1. The topological polar surface area (TPSA) is 30.0 Å². The van der Waals surface area contributed by atoms with Gasteiger partial charge in [0.1, 0.15) is 5.15 Å². The molecule has 0 aliphatic heterocycles. The van der Waals surface area contributed by atoms with Crippen LogP contribution in [-0.2, 0) is 6.18 Å². The number of rotatable bonds is 0. The minimum Gasteiger partial charge on any atom is -0.288 e. The third-order valence-electron chi connectivity index (χ3n) is 3.80. The Morgan fingerprint density at radius 3 is 2.54 bits per heavy atom. The van der Waals surface area contributed by atoms with E-state index < -0.39 is 17.2 Å². The van der Waals surface area contributed by atoms with Crippen molar-refractivity contribution < 1.29 is 13.2 Å². The lowest BCUT2D eigenvalue weighted by atomic mass is 10.1. The number of benzene rings is 2. The van der Waals surface area contributed by atoms with Crippen molar-refractivity contribution in [2.24, 2.45) is 0 Å².